The summed E-state index contributed by atoms with van der Waals surface area (Å²) in [5.41, 5.74) is 4.07. The first-order chi connectivity index (χ1) is 12.9. The van der Waals surface area contributed by atoms with Crippen LogP contribution >= 0.6 is 0 Å². The molecule has 1 aliphatic heterocycles. The minimum atomic E-state index is -0.649. The van der Waals surface area contributed by atoms with Crippen LogP contribution in [0, 0.1) is 6.92 Å². The third kappa shape index (κ3) is 2.73. The number of fused-ring (bicyclic) bond motifs is 1. The van der Waals surface area contributed by atoms with Crippen molar-refractivity contribution in [2.75, 3.05) is 12.0 Å². The van der Waals surface area contributed by atoms with Crippen LogP contribution in [0.5, 0.6) is 5.88 Å². The number of carbonyl (C=O) groups excluding carboxylic acids is 1. The molecule has 0 aliphatic carbocycles. The summed E-state index contributed by atoms with van der Waals surface area (Å²) in [6.07, 6.45) is 4.94. The number of hydrogen-bond donors (Lipinski definition) is 0. The van der Waals surface area contributed by atoms with Crippen LogP contribution in [-0.2, 0) is 10.2 Å². The van der Waals surface area contributed by atoms with Crippen LogP contribution < -0.4 is 9.64 Å². The van der Waals surface area contributed by atoms with E-state index in [1.807, 2.05) is 57.3 Å². The van der Waals surface area contributed by atoms with Crippen LogP contribution in [0.25, 0.3) is 11.1 Å². The largest absolute Gasteiger partial charge is 0.480 e. The number of nitrogens with zero attached hydrogens (tertiary/aromatic N) is 4. The number of rotatable bonds is 3. The first-order valence-corrected chi connectivity index (χ1v) is 8.70. The lowest BCUT2D eigenvalue weighted by atomic mass is 9.85. The summed E-state index contributed by atoms with van der Waals surface area (Å²) in [7, 11) is 1.53. The second kappa shape index (κ2) is 6.16. The molecule has 0 bridgehead atoms. The van der Waals surface area contributed by atoms with Gasteiger partial charge in [0.05, 0.1) is 30.6 Å². The zero-order valence-electron chi connectivity index (χ0n) is 15.7. The number of carbonyl (C=O) groups is 1. The number of pyridine rings is 1. The van der Waals surface area contributed by atoms with Gasteiger partial charge in [0.1, 0.15) is 0 Å². The number of aryl methyl sites for hydroxylation is 1. The van der Waals surface area contributed by atoms with Gasteiger partial charge in [-0.05, 0) is 44.0 Å². The van der Waals surface area contributed by atoms with Gasteiger partial charge in [-0.1, -0.05) is 18.2 Å². The number of ether oxygens (including phenoxy) is 1. The van der Waals surface area contributed by atoms with Crippen LogP contribution in [0.4, 0.5) is 11.5 Å². The molecule has 0 N–H and O–H groups in total. The number of methoxy groups -OCH3 is 1. The van der Waals surface area contributed by atoms with Crippen LogP contribution in [0.15, 0.2) is 48.9 Å². The van der Waals surface area contributed by atoms with E-state index in [4.69, 9.17) is 4.74 Å². The van der Waals surface area contributed by atoms with E-state index in [2.05, 4.69) is 15.0 Å². The van der Waals surface area contributed by atoms with Gasteiger partial charge in [-0.25, -0.2) is 0 Å². The van der Waals surface area contributed by atoms with E-state index in [0.29, 0.717) is 11.7 Å². The molecular formula is C21H20N4O2. The number of anilines is 2. The molecule has 4 rings (SSSR count). The molecule has 1 aromatic carbocycles. The van der Waals surface area contributed by atoms with Crippen molar-refractivity contribution in [1.82, 2.24) is 15.0 Å². The zero-order valence-corrected chi connectivity index (χ0v) is 15.7. The number of benzene rings is 1. The van der Waals surface area contributed by atoms with Crippen LogP contribution in [0.2, 0.25) is 0 Å². The van der Waals surface area contributed by atoms with E-state index in [-0.39, 0.29) is 5.91 Å². The molecule has 0 radical (unpaired) electrons. The Kier molecular flexibility index (Phi) is 3.91. The fraction of sp³-hybridized carbons (Fsp3) is 0.238. The van der Waals surface area contributed by atoms with Gasteiger partial charge in [-0.15, -0.1) is 0 Å². The van der Waals surface area contributed by atoms with Gasteiger partial charge in [0, 0.05) is 17.5 Å². The van der Waals surface area contributed by atoms with Crippen LogP contribution in [0.3, 0.4) is 0 Å². The van der Waals surface area contributed by atoms with Crippen molar-refractivity contribution in [2.24, 2.45) is 0 Å². The molecule has 27 heavy (non-hydrogen) atoms. The average Bonchev–Trinajstić information content (AvgIpc) is 2.88. The number of amides is 1. The Morgan fingerprint density at radius 1 is 1.04 bits per heavy atom. The molecular weight excluding hydrogens is 340 g/mol. The lowest BCUT2D eigenvalue weighted by Gasteiger charge is -2.19. The van der Waals surface area contributed by atoms with Crippen molar-refractivity contribution in [3.05, 3.63) is 60.2 Å². The van der Waals surface area contributed by atoms with Gasteiger partial charge in [0.15, 0.2) is 5.82 Å². The quantitative estimate of drug-likeness (QED) is 0.710. The monoisotopic (exact) mass is 360 g/mol. The molecule has 2 aromatic heterocycles. The van der Waals surface area contributed by atoms with Gasteiger partial charge >= 0.3 is 0 Å². The summed E-state index contributed by atoms with van der Waals surface area (Å²) in [5, 5.41) is 0. The molecule has 3 aromatic rings. The average molecular weight is 360 g/mol. The van der Waals surface area contributed by atoms with Crippen molar-refractivity contribution < 1.29 is 9.53 Å². The van der Waals surface area contributed by atoms with Crippen molar-refractivity contribution in [3.8, 4) is 17.0 Å². The topological polar surface area (TPSA) is 68.2 Å². The minimum absolute atomic E-state index is 0.0424. The Balaban J connectivity index is 1.87. The molecule has 0 atom stereocenters. The summed E-state index contributed by atoms with van der Waals surface area (Å²) in [6, 6.07) is 10.1. The van der Waals surface area contributed by atoms with Crippen molar-refractivity contribution in [1.29, 1.82) is 0 Å². The molecule has 3 heterocycles. The summed E-state index contributed by atoms with van der Waals surface area (Å²) in [5.74, 6) is 0.773. The first kappa shape index (κ1) is 17.1. The normalized spacial score (nSPS) is 15.0. The van der Waals surface area contributed by atoms with Crippen LogP contribution in [-0.4, -0.2) is 28.0 Å². The molecule has 6 nitrogen and oxygen atoms in total. The van der Waals surface area contributed by atoms with Crippen LogP contribution in [0.1, 0.15) is 25.1 Å². The molecule has 0 fully saturated rings. The highest BCUT2D eigenvalue weighted by molar-refractivity contribution is 6.12. The third-order valence-electron chi connectivity index (χ3n) is 4.93. The van der Waals surface area contributed by atoms with Crippen molar-refractivity contribution in [2.45, 2.75) is 26.2 Å². The van der Waals surface area contributed by atoms with Gasteiger partial charge < -0.3 is 4.74 Å². The fourth-order valence-electron chi connectivity index (χ4n) is 3.34. The first-order valence-electron chi connectivity index (χ1n) is 8.70. The molecule has 1 aliphatic rings. The predicted octanol–water partition coefficient (Wildman–Crippen LogP) is 3.81. The van der Waals surface area contributed by atoms with E-state index >= 15 is 0 Å². The standard InChI is InChI=1S/C21H20N4O2/c1-13-5-6-15(10-23-13)14-7-8-16-17(9-14)25(20(26)21(16,2)3)18-11-22-12-19(24-18)27-4/h5-12H,1-4H3. The maximum Gasteiger partial charge on any atom is 0.242 e. The Hall–Kier alpha value is -3.28. The number of aromatic nitrogens is 3. The highest BCUT2D eigenvalue weighted by atomic mass is 16.5. The van der Waals surface area contributed by atoms with Crippen molar-refractivity contribution >= 4 is 17.4 Å². The van der Waals surface area contributed by atoms with Gasteiger partial charge in [-0.3, -0.25) is 19.7 Å². The summed E-state index contributed by atoms with van der Waals surface area (Å²) in [4.78, 5) is 27.7. The van der Waals surface area contributed by atoms with Gasteiger partial charge in [0.25, 0.3) is 0 Å². The highest BCUT2D eigenvalue weighted by Crippen LogP contribution is 2.46. The van der Waals surface area contributed by atoms with Gasteiger partial charge in [0.2, 0.25) is 11.8 Å². The highest BCUT2D eigenvalue weighted by Gasteiger charge is 2.45. The minimum Gasteiger partial charge on any atom is -0.480 e. The zero-order chi connectivity index (χ0) is 19.2. The summed E-state index contributed by atoms with van der Waals surface area (Å²) < 4.78 is 5.17. The Morgan fingerprint density at radius 3 is 2.52 bits per heavy atom. The fourth-order valence-corrected chi connectivity index (χ4v) is 3.34. The molecule has 0 saturated heterocycles. The molecule has 0 spiro atoms. The molecule has 1 amide bonds. The Morgan fingerprint density at radius 2 is 1.81 bits per heavy atom. The lowest BCUT2D eigenvalue weighted by Crippen LogP contribution is -2.33. The van der Waals surface area contributed by atoms with E-state index < -0.39 is 5.41 Å². The van der Waals surface area contributed by atoms with E-state index in [9.17, 15) is 4.79 Å². The van der Waals surface area contributed by atoms with E-state index in [1.165, 1.54) is 13.3 Å². The van der Waals surface area contributed by atoms with E-state index in [0.717, 1.165) is 28.1 Å². The second-order valence-corrected chi connectivity index (χ2v) is 7.11. The Bertz CT molecular complexity index is 1030. The maximum absolute atomic E-state index is 13.2. The predicted molar refractivity (Wildman–Crippen MR) is 103 cm³/mol. The molecule has 0 unspecified atom stereocenters. The maximum atomic E-state index is 13.2. The molecule has 6 heteroatoms. The van der Waals surface area contributed by atoms with E-state index in [1.54, 1.807) is 11.1 Å². The summed E-state index contributed by atoms with van der Waals surface area (Å²) >= 11 is 0. The smallest absolute Gasteiger partial charge is 0.242 e. The van der Waals surface area contributed by atoms with Crippen molar-refractivity contribution in [3.63, 3.8) is 0 Å². The SMILES string of the molecule is COc1cncc(N2C(=O)C(C)(C)c3ccc(-c4ccc(C)nc4)cc32)n1. The molecule has 0 saturated carbocycles. The number of hydrogen-bond acceptors (Lipinski definition) is 5. The summed E-state index contributed by atoms with van der Waals surface area (Å²) in [6.45, 7) is 5.81. The van der Waals surface area contributed by atoms with Gasteiger partial charge in [-0.2, -0.15) is 4.98 Å². The third-order valence-corrected chi connectivity index (χ3v) is 4.93. The second-order valence-electron chi connectivity index (χ2n) is 7.11. The Labute approximate surface area is 157 Å². The molecule has 136 valence electrons. The lowest BCUT2D eigenvalue weighted by molar-refractivity contribution is -0.121.